The number of hydrogen-bond acceptors (Lipinski definition) is 5. The third-order valence-electron chi connectivity index (χ3n) is 4.98. The highest BCUT2D eigenvalue weighted by atomic mass is 35.5. The van der Waals surface area contributed by atoms with Gasteiger partial charge >= 0.3 is 0 Å². The van der Waals surface area contributed by atoms with E-state index in [-0.39, 0.29) is 16.4 Å². The van der Waals surface area contributed by atoms with Gasteiger partial charge in [0.25, 0.3) is 0 Å². The van der Waals surface area contributed by atoms with Crippen molar-refractivity contribution < 1.29 is 9.13 Å². The van der Waals surface area contributed by atoms with Gasteiger partial charge in [0, 0.05) is 12.7 Å². The molecule has 5 rings (SSSR count). The van der Waals surface area contributed by atoms with Gasteiger partial charge in [0.2, 0.25) is 0 Å². The van der Waals surface area contributed by atoms with Gasteiger partial charge in [-0.1, -0.05) is 11.6 Å². The van der Waals surface area contributed by atoms with Crippen LogP contribution in [0.15, 0.2) is 12.3 Å². The number of aromatic nitrogens is 1. The maximum atomic E-state index is 14.1. The van der Waals surface area contributed by atoms with Crippen molar-refractivity contribution in [2.75, 3.05) is 31.1 Å². The van der Waals surface area contributed by atoms with Crippen molar-refractivity contribution in [2.24, 2.45) is 11.7 Å². The number of halogens is 2. The minimum absolute atomic E-state index is 0.222. The maximum absolute atomic E-state index is 14.1. The summed E-state index contributed by atoms with van der Waals surface area (Å²) >= 11 is 5.76. The zero-order valence-electron chi connectivity index (χ0n) is 11.6. The molecular formula is C14H18ClFN4O. The molecule has 0 aliphatic carbocycles. The van der Waals surface area contributed by atoms with Gasteiger partial charge in [0.05, 0.1) is 11.6 Å². The molecule has 2 atom stereocenters. The van der Waals surface area contributed by atoms with Gasteiger partial charge in [-0.25, -0.2) is 9.37 Å². The lowest BCUT2D eigenvalue weighted by atomic mass is 9.75. The average Bonchev–Trinajstić information content (AvgIpc) is 2.76. The van der Waals surface area contributed by atoms with E-state index < -0.39 is 12.2 Å². The number of fused-ring (bicyclic) bond motifs is 2. The van der Waals surface area contributed by atoms with Gasteiger partial charge in [-0.15, -0.1) is 0 Å². The first-order chi connectivity index (χ1) is 10.1. The molecule has 4 fully saturated rings. The van der Waals surface area contributed by atoms with E-state index in [0.29, 0.717) is 12.5 Å². The minimum atomic E-state index is -0.659. The SMILES string of the molecule is NC1OC2(CN3CCC2CC3)CN1c1ncc(Cl)cc1F. The van der Waals surface area contributed by atoms with E-state index in [0.717, 1.165) is 32.5 Å². The van der Waals surface area contributed by atoms with Gasteiger partial charge in [-0.05, 0) is 37.9 Å². The molecule has 0 saturated carbocycles. The standard InChI is InChI=1S/C14H18ClFN4O/c15-10-5-11(16)12(18-6-10)20-8-14(21-13(20)17)7-19-3-1-9(14)2-4-19/h5-6,9,13H,1-4,7-8,17H2. The highest BCUT2D eigenvalue weighted by Gasteiger charge is 2.54. The molecule has 0 aromatic carbocycles. The maximum Gasteiger partial charge on any atom is 0.186 e. The molecule has 1 aromatic rings. The molecule has 2 bridgehead atoms. The van der Waals surface area contributed by atoms with Crippen LogP contribution in [0, 0.1) is 11.7 Å². The topological polar surface area (TPSA) is 54.6 Å². The number of piperidine rings is 3. The third-order valence-corrected chi connectivity index (χ3v) is 5.19. The summed E-state index contributed by atoms with van der Waals surface area (Å²) in [6.07, 6.45) is 3.02. The lowest BCUT2D eigenvalue weighted by molar-refractivity contribution is -0.137. The Morgan fingerprint density at radius 3 is 2.76 bits per heavy atom. The molecule has 2 unspecified atom stereocenters. The van der Waals surface area contributed by atoms with Gasteiger partial charge < -0.3 is 14.5 Å². The van der Waals surface area contributed by atoms with E-state index in [9.17, 15) is 4.39 Å². The molecule has 4 saturated heterocycles. The molecule has 4 aliphatic rings. The van der Waals surface area contributed by atoms with Crippen LogP contribution < -0.4 is 10.6 Å². The number of nitrogens with zero attached hydrogens (tertiary/aromatic N) is 3. The fourth-order valence-electron chi connectivity index (χ4n) is 3.97. The van der Waals surface area contributed by atoms with Crippen molar-refractivity contribution in [3.8, 4) is 0 Å². The monoisotopic (exact) mass is 312 g/mol. The normalized spacial score (nSPS) is 38.4. The highest BCUT2D eigenvalue weighted by molar-refractivity contribution is 6.30. The van der Waals surface area contributed by atoms with E-state index in [1.807, 2.05) is 0 Å². The molecule has 7 heteroatoms. The summed E-state index contributed by atoms with van der Waals surface area (Å²) in [4.78, 5) is 8.22. The predicted molar refractivity (Wildman–Crippen MR) is 77.5 cm³/mol. The third kappa shape index (κ3) is 2.12. The number of ether oxygens (including phenoxy) is 1. The Morgan fingerprint density at radius 2 is 2.14 bits per heavy atom. The first kappa shape index (κ1) is 13.7. The first-order valence-electron chi connectivity index (χ1n) is 7.31. The van der Waals surface area contributed by atoms with Crippen LogP contribution in [0.1, 0.15) is 12.8 Å². The molecular weight excluding hydrogens is 295 g/mol. The van der Waals surface area contributed by atoms with E-state index in [4.69, 9.17) is 22.1 Å². The molecule has 114 valence electrons. The van der Waals surface area contributed by atoms with Gasteiger partial charge in [-0.3, -0.25) is 5.73 Å². The second-order valence-corrected chi connectivity index (χ2v) is 6.65. The van der Waals surface area contributed by atoms with Crippen molar-refractivity contribution in [1.29, 1.82) is 0 Å². The van der Waals surface area contributed by atoms with E-state index in [2.05, 4.69) is 9.88 Å². The summed E-state index contributed by atoms with van der Waals surface area (Å²) < 4.78 is 20.2. The number of hydrogen-bond donors (Lipinski definition) is 1. The predicted octanol–water partition coefficient (Wildman–Crippen LogP) is 1.42. The lowest BCUT2D eigenvalue weighted by Crippen LogP contribution is -2.61. The van der Waals surface area contributed by atoms with E-state index >= 15 is 0 Å². The van der Waals surface area contributed by atoms with Gasteiger partial charge in [0.15, 0.2) is 18.0 Å². The molecule has 5 heterocycles. The van der Waals surface area contributed by atoms with Crippen LogP contribution in [0.25, 0.3) is 0 Å². The Kier molecular flexibility index (Phi) is 3.11. The molecule has 21 heavy (non-hydrogen) atoms. The Morgan fingerprint density at radius 1 is 1.38 bits per heavy atom. The zero-order chi connectivity index (χ0) is 14.6. The molecule has 1 spiro atoms. The molecule has 0 radical (unpaired) electrons. The van der Waals surface area contributed by atoms with E-state index in [1.54, 1.807) is 4.90 Å². The number of pyridine rings is 1. The van der Waals surface area contributed by atoms with Crippen LogP contribution in [0.2, 0.25) is 5.02 Å². The quantitative estimate of drug-likeness (QED) is 0.850. The summed E-state index contributed by atoms with van der Waals surface area (Å²) in [5.41, 5.74) is 5.81. The van der Waals surface area contributed by atoms with Crippen LogP contribution >= 0.6 is 11.6 Å². The molecule has 1 aromatic heterocycles. The summed E-state index contributed by atoms with van der Waals surface area (Å²) in [6.45, 7) is 3.70. The van der Waals surface area contributed by atoms with Crippen LogP contribution in [0.5, 0.6) is 0 Å². The van der Waals surface area contributed by atoms with Crippen LogP contribution in [0.4, 0.5) is 10.2 Å². The van der Waals surface area contributed by atoms with Crippen molar-refractivity contribution in [2.45, 2.75) is 24.8 Å². The zero-order valence-corrected chi connectivity index (χ0v) is 12.4. The Labute approximate surface area is 127 Å². The Balaban J connectivity index is 1.64. The minimum Gasteiger partial charge on any atom is -0.335 e. The Hall–Kier alpha value is -0.950. The van der Waals surface area contributed by atoms with E-state index in [1.165, 1.54) is 12.3 Å². The molecule has 2 N–H and O–H groups in total. The smallest absolute Gasteiger partial charge is 0.186 e. The van der Waals surface area contributed by atoms with Gasteiger partial charge in [0.1, 0.15) is 5.60 Å². The summed E-state index contributed by atoms with van der Waals surface area (Å²) in [6, 6.07) is 1.26. The Bertz CT molecular complexity index is 566. The number of anilines is 1. The van der Waals surface area contributed by atoms with Crippen molar-refractivity contribution in [1.82, 2.24) is 9.88 Å². The second-order valence-electron chi connectivity index (χ2n) is 6.21. The summed E-state index contributed by atoms with van der Waals surface area (Å²) in [5, 5.41) is 0.280. The largest absolute Gasteiger partial charge is 0.335 e. The fourth-order valence-corrected chi connectivity index (χ4v) is 4.12. The van der Waals surface area contributed by atoms with Crippen LogP contribution in [-0.2, 0) is 4.74 Å². The first-order valence-corrected chi connectivity index (χ1v) is 7.69. The fraction of sp³-hybridized carbons (Fsp3) is 0.643. The van der Waals surface area contributed by atoms with Crippen LogP contribution in [-0.4, -0.2) is 48.0 Å². The molecule has 5 nitrogen and oxygen atoms in total. The molecule has 0 amide bonds. The van der Waals surface area contributed by atoms with Crippen molar-refractivity contribution in [3.63, 3.8) is 0 Å². The summed E-state index contributed by atoms with van der Waals surface area (Å²) in [5.74, 6) is 0.258. The number of nitrogens with two attached hydrogens (primary N) is 1. The number of rotatable bonds is 1. The van der Waals surface area contributed by atoms with Crippen LogP contribution in [0.3, 0.4) is 0 Å². The average molecular weight is 313 g/mol. The lowest BCUT2D eigenvalue weighted by Gasteiger charge is -2.50. The highest BCUT2D eigenvalue weighted by Crippen LogP contribution is 2.43. The molecule has 4 aliphatic heterocycles. The van der Waals surface area contributed by atoms with Crippen molar-refractivity contribution >= 4 is 17.4 Å². The summed E-state index contributed by atoms with van der Waals surface area (Å²) in [7, 11) is 0. The van der Waals surface area contributed by atoms with Crippen molar-refractivity contribution in [3.05, 3.63) is 23.1 Å². The second kappa shape index (κ2) is 4.78. The van der Waals surface area contributed by atoms with Gasteiger partial charge in [-0.2, -0.15) is 0 Å².